The predicted molar refractivity (Wildman–Crippen MR) is 239 cm³/mol. The van der Waals surface area contributed by atoms with Gasteiger partial charge in [-0.3, -0.25) is 0 Å². The Bertz CT molecular complexity index is 2960. The lowest BCUT2D eigenvalue weighted by atomic mass is 9.58. The Hall–Kier alpha value is -6.26. The maximum atomic E-state index is 6.89. The zero-order valence-corrected chi connectivity index (χ0v) is 32.9. The topological polar surface area (TPSA) is 30.1 Å². The van der Waals surface area contributed by atoms with Crippen LogP contribution in [0.2, 0.25) is 0 Å². The summed E-state index contributed by atoms with van der Waals surface area (Å²) < 4.78 is 9.42. The smallest absolute Gasteiger partial charge is 0.198 e. The second-order valence-electron chi connectivity index (χ2n) is 17.3. The summed E-state index contributed by atoms with van der Waals surface area (Å²) in [6.45, 7) is 13.8. The van der Waals surface area contributed by atoms with Gasteiger partial charge in [0.15, 0.2) is 7.28 Å². The van der Waals surface area contributed by atoms with Crippen molar-refractivity contribution in [1.82, 2.24) is 4.57 Å². The van der Waals surface area contributed by atoms with Crippen molar-refractivity contribution in [3.63, 3.8) is 0 Å². The summed E-state index contributed by atoms with van der Waals surface area (Å²) in [5, 5.41) is 7.51. The SMILES string of the molecule is CC(C)(C)c1ccc(Nc2ccccc2-c2cc(C(C)(C)C)c3c4ccccc4n4c3c2[B]c2cc3oc(-c5ccccc5)c(-c5ccccc5)c3cc2-4)cc1. The Kier molecular flexibility index (Phi) is 7.73. The van der Waals surface area contributed by atoms with Gasteiger partial charge >= 0.3 is 0 Å². The van der Waals surface area contributed by atoms with Gasteiger partial charge in [0.1, 0.15) is 11.3 Å². The summed E-state index contributed by atoms with van der Waals surface area (Å²) in [5.41, 5.74) is 17.3. The number of para-hydroxylation sites is 2. The molecule has 0 saturated carbocycles. The van der Waals surface area contributed by atoms with Gasteiger partial charge in [-0.1, -0.05) is 162 Å². The molecule has 0 bridgehead atoms. The number of nitrogens with one attached hydrogen (secondary N) is 1. The van der Waals surface area contributed by atoms with Crippen LogP contribution >= 0.6 is 0 Å². The van der Waals surface area contributed by atoms with Gasteiger partial charge < -0.3 is 14.3 Å². The summed E-state index contributed by atoms with van der Waals surface area (Å²) in [5.74, 6) is 0.889. The van der Waals surface area contributed by atoms with Crippen molar-refractivity contribution in [2.75, 3.05) is 5.32 Å². The number of hydrogen-bond donors (Lipinski definition) is 1. The minimum Gasteiger partial charge on any atom is -0.455 e. The Morgan fingerprint density at radius 2 is 1.25 bits per heavy atom. The van der Waals surface area contributed by atoms with E-state index in [0.717, 1.165) is 55.9 Å². The summed E-state index contributed by atoms with van der Waals surface area (Å²) >= 11 is 0. The molecule has 0 unspecified atom stereocenters. The molecule has 3 heterocycles. The molecule has 0 amide bonds. The lowest BCUT2D eigenvalue weighted by molar-refractivity contribution is 0.590. The molecule has 1 aliphatic rings. The number of benzene rings is 7. The van der Waals surface area contributed by atoms with Gasteiger partial charge in [0, 0.05) is 55.4 Å². The average molecular weight is 724 g/mol. The van der Waals surface area contributed by atoms with E-state index in [1.54, 1.807) is 0 Å². The lowest BCUT2D eigenvalue weighted by Crippen LogP contribution is -2.37. The fourth-order valence-electron chi connectivity index (χ4n) is 8.73. The second kappa shape index (κ2) is 12.6. The van der Waals surface area contributed by atoms with E-state index in [-0.39, 0.29) is 10.8 Å². The third-order valence-corrected chi connectivity index (χ3v) is 11.5. The van der Waals surface area contributed by atoms with E-state index in [9.17, 15) is 0 Å². The molecule has 2 aromatic heterocycles. The predicted octanol–water partition coefficient (Wildman–Crippen LogP) is 12.8. The molecule has 1 N–H and O–H groups in total. The van der Waals surface area contributed by atoms with E-state index in [1.165, 1.54) is 49.5 Å². The molecule has 0 atom stereocenters. The molecular weight excluding hydrogens is 679 g/mol. The minimum atomic E-state index is -0.118. The number of aromatic nitrogens is 1. The maximum absolute atomic E-state index is 6.89. The number of furan rings is 1. The van der Waals surface area contributed by atoms with Crippen LogP contribution in [0.1, 0.15) is 52.7 Å². The van der Waals surface area contributed by atoms with Crippen LogP contribution in [0.5, 0.6) is 0 Å². The highest BCUT2D eigenvalue weighted by atomic mass is 16.3. The molecule has 7 aromatic carbocycles. The van der Waals surface area contributed by atoms with Crippen LogP contribution in [-0.4, -0.2) is 11.8 Å². The molecule has 1 aliphatic heterocycles. The number of hydrogen-bond acceptors (Lipinski definition) is 2. The van der Waals surface area contributed by atoms with E-state index < -0.39 is 0 Å². The third kappa shape index (κ3) is 5.50. The first-order chi connectivity index (χ1) is 27.0. The first kappa shape index (κ1) is 34.3. The fraction of sp³-hybridized carbons (Fsp3) is 0.154. The standard InChI is InChI=1S/C52H44BN2O/c1-51(2,3)34-25-27-35(28-26-34)54-42-23-15-13-21-36(42)38-29-40(52(4,5)6)47-37-22-14-16-24-43(37)55-44-30-39-45(31-41(44)53-48(38)49(47)55)56-50(33-19-11-8-12-20-33)46(39)32-17-9-7-10-18-32/h7-31,54H,1-6H3. The minimum absolute atomic E-state index is 0.0932. The van der Waals surface area contributed by atoms with E-state index in [4.69, 9.17) is 4.42 Å². The summed E-state index contributed by atoms with van der Waals surface area (Å²) in [7, 11) is 2.40. The van der Waals surface area contributed by atoms with Crippen LogP contribution in [0, 0.1) is 0 Å². The van der Waals surface area contributed by atoms with Crippen molar-refractivity contribution < 1.29 is 4.42 Å². The van der Waals surface area contributed by atoms with Crippen LogP contribution in [0.15, 0.2) is 156 Å². The number of anilines is 2. The highest BCUT2D eigenvalue weighted by Crippen LogP contribution is 2.45. The average Bonchev–Trinajstić information content (AvgIpc) is 3.74. The third-order valence-electron chi connectivity index (χ3n) is 11.5. The van der Waals surface area contributed by atoms with Gasteiger partial charge in [-0.25, -0.2) is 0 Å². The van der Waals surface area contributed by atoms with Crippen LogP contribution < -0.4 is 16.2 Å². The molecule has 1 radical (unpaired) electrons. The molecule has 56 heavy (non-hydrogen) atoms. The van der Waals surface area contributed by atoms with E-state index in [1.807, 2.05) is 0 Å². The van der Waals surface area contributed by atoms with Crippen molar-refractivity contribution in [3.8, 4) is 39.3 Å². The van der Waals surface area contributed by atoms with Crippen LogP contribution in [-0.2, 0) is 10.8 Å². The van der Waals surface area contributed by atoms with E-state index in [2.05, 4.69) is 210 Å². The molecule has 4 heteroatoms. The normalized spacial score (nSPS) is 12.6. The van der Waals surface area contributed by atoms with E-state index >= 15 is 0 Å². The second-order valence-corrected chi connectivity index (χ2v) is 17.3. The first-order valence-corrected chi connectivity index (χ1v) is 19.7. The number of fused-ring (bicyclic) bond motifs is 6. The monoisotopic (exact) mass is 723 g/mol. The van der Waals surface area contributed by atoms with Gasteiger partial charge in [0.05, 0.1) is 5.52 Å². The first-order valence-electron chi connectivity index (χ1n) is 19.7. The van der Waals surface area contributed by atoms with Gasteiger partial charge in [0.2, 0.25) is 0 Å². The Morgan fingerprint density at radius 1 is 0.589 bits per heavy atom. The highest BCUT2D eigenvalue weighted by molar-refractivity contribution is 6.73. The quantitative estimate of drug-likeness (QED) is 0.179. The molecule has 0 aliphatic carbocycles. The van der Waals surface area contributed by atoms with Crippen molar-refractivity contribution in [2.45, 2.75) is 52.4 Å². The summed E-state index contributed by atoms with van der Waals surface area (Å²) in [6.07, 6.45) is 0. The zero-order chi connectivity index (χ0) is 38.3. The molecule has 9 aromatic rings. The Morgan fingerprint density at radius 3 is 1.96 bits per heavy atom. The van der Waals surface area contributed by atoms with Crippen molar-refractivity contribution in [2.24, 2.45) is 0 Å². The Labute approximate surface area is 329 Å². The molecule has 0 spiro atoms. The number of nitrogens with zero attached hydrogens (tertiary/aromatic N) is 1. The highest BCUT2D eigenvalue weighted by Gasteiger charge is 2.32. The van der Waals surface area contributed by atoms with Crippen molar-refractivity contribution >= 4 is 62.4 Å². The van der Waals surface area contributed by atoms with Crippen molar-refractivity contribution in [3.05, 3.63) is 163 Å². The summed E-state index contributed by atoms with van der Waals surface area (Å²) in [4.78, 5) is 0. The zero-order valence-electron chi connectivity index (χ0n) is 32.9. The largest absolute Gasteiger partial charge is 0.455 e. The fourth-order valence-corrected chi connectivity index (χ4v) is 8.73. The molecular formula is C52H44BN2O. The molecule has 0 saturated heterocycles. The van der Waals surface area contributed by atoms with Crippen LogP contribution in [0.25, 0.3) is 72.0 Å². The van der Waals surface area contributed by atoms with Crippen LogP contribution in [0.3, 0.4) is 0 Å². The van der Waals surface area contributed by atoms with Crippen molar-refractivity contribution in [1.29, 1.82) is 0 Å². The van der Waals surface area contributed by atoms with Gasteiger partial charge in [-0.2, -0.15) is 0 Å². The molecule has 3 nitrogen and oxygen atoms in total. The molecule has 271 valence electrons. The lowest BCUT2D eigenvalue weighted by Gasteiger charge is -2.28. The van der Waals surface area contributed by atoms with Gasteiger partial charge in [-0.05, 0) is 74.9 Å². The molecule has 10 rings (SSSR count). The maximum Gasteiger partial charge on any atom is 0.198 e. The summed E-state index contributed by atoms with van der Waals surface area (Å²) in [6, 6.07) is 54.8. The number of rotatable bonds is 5. The van der Waals surface area contributed by atoms with Gasteiger partial charge in [0.25, 0.3) is 0 Å². The van der Waals surface area contributed by atoms with Gasteiger partial charge in [-0.15, -0.1) is 0 Å². The van der Waals surface area contributed by atoms with E-state index in [0.29, 0.717) is 0 Å². The Balaban J connectivity index is 1.25. The molecule has 0 fully saturated rings. The van der Waals surface area contributed by atoms with Crippen LogP contribution in [0.4, 0.5) is 11.4 Å².